The van der Waals surface area contributed by atoms with Gasteiger partial charge < -0.3 is 5.32 Å². The number of halogens is 3. The van der Waals surface area contributed by atoms with E-state index in [1.807, 2.05) is 0 Å². The van der Waals surface area contributed by atoms with E-state index in [0.717, 1.165) is 17.4 Å². The molecule has 2 atom stereocenters. The minimum atomic E-state index is -0.0533. The Morgan fingerprint density at radius 1 is 1.44 bits per heavy atom. The predicted octanol–water partition coefficient (Wildman–Crippen LogP) is 4.40. The van der Waals surface area contributed by atoms with Gasteiger partial charge in [0.2, 0.25) is 0 Å². The molecule has 1 aliphatic rings. The first-order chi connectivity index (χ1) is 8.56. The number of alkyl halides is 1. The Morgan fingerprint density at radius 3 is 2.83 bits per heavy atom. The van der Waals surface area contributed by atoms with E-state index in [1.54, 1.807) is 18.2 Å². The van der Waals surface area contributed by atoms with E-state index in [9.17, 15) is 4.79 Å². The Hall–Kier alpha value is -0.0600. The Kier molecular flexibility index (Phi) is 5.10. The third-order valence-electron chi connectivity index (χ3n) is 3.21. The van der Waals surface area contributed by atoms with Crippen molar-refractivity contribution in [2.24, 2.45) is 5.92 Å². The Morgan fingerprint density at radius 2 is 2.22 bits per heavy atom. The smallest absolute Gasteiger partial charge is 0.251 e. The van der Waals surface area contributed by atoms with E-state index >= 15 is 0 Å². The van der Waals surface area contributed by atoms with Crippen LogP contribution in [0, 0.1) is 5.92 Å². The molecule has 2 nitrogen and oxygen atoms in total. The zero-order valence-corrected chi connectivity index (χ0v) is 13.7. The molecule has 0 bridgehead atoms. The summed E-state index contributed by atoms with van der Waals surface area (Å²) in [6.45, 7) is 0.745. The van der Waals surface area contributed by atoms with Crippen molar-refractivity contribution in [1.82, 2.24) is 5.32 Å². The van der Waals surface area contributed by atoms with Gasteiger partial charge in [-0.3, -0.25) is 4.79 Å². The maximum Gasteiger partial charge on any atom is 0.251 e. The number of carbonyl (C=O) groups is 1. The highest BCUT2D eigenvalue weighted by Crippen LogP contribution is 2.30. The molecule has 1 fully saturated rings. The van der Waals surface area contributed by atoms with Gasteiger partial charge in [0, 0.05) is 21.4 Å². The van der Waals surface area contributed by atoms with Gasteiger partial charge in [-0.15, -0.1) is 0 Å². The van der Waals surface area contributed by atoms with Gasteiger partial charge in [-0.2, -0.15) is 0 Å². The lowest BCUT2D eigenvalue weighted by atomic mass is 10.1. The van der Waals surface area contributed by atoms with E-state index < -0.39 is 0 Å². The van der Waals surface area contributed by atoms with Crippen LogP contribution in [-0.2, 0) is 0 Å². The summed E-state index contributed by atoms with van der Waals surface area (Å²) >= 11 is 12.9. The fourth-order valence-electron chi connectivity index (χ4n) is 2.18. The van der Waals surface area contributed by atoms with Gasteiger partial charge in [0.25, 0.3) is 5.91 Å². The average Bonchev–Trinajstić information content (AvgIpc) is 2.75. The molecule has 1 aromatic carbocycles. The first-order valence-electron chi connectivity index (χ1n) is 5.93. The molecule has 2 unspecified atom stereocenters. The minimum Gasteiger partial charge on any atom is -0.352 e. The molecule has 98 valence electrons. The molecule has 18 heavy (non-hydrogen) atoms. The van der Waals surface area contributed by atoms with Crippen molar-refractivity contribution in [2.75, 3.05) is 6.54 Å². The lowest BCUT2D eigenvalue weighted by molar-refractivity contribution is 0.0947. The molecule has 1 aliphatic carbocycles. The predicted molar refractivity (Wildman–Crippen MR) is 81.5 cm³/mol. The van der Waals surface area contributed by atoms with Crippen molar-refractivity contribution in [3.05, 3.63) is 33.3 Å². The number of benzene rings is 1. The molecule has 2 rings (SSSR count). The first-order valence-corrected chi connectivity index (χ1v) is 8.02. The number of hydrogen-bond donors (Lipinski definition) is 1. The van der Waals surface area contributed by atoms with Gasteiger partial charge in [-0.1, -0.05) is 27.5 Å². The normalized spacial score (nSPS) is 23.1. The van der Waals surface area contributed by atoms with Crippen molar-refractivity contribution in [3.8, 4) is 0 Å². The number of carbonyl (C=O) groups excluding carboxylic acids is 1. The Balaban J connectivity index is 1.89. The quantitative estimate of drug-likeness (QED) is 0.756. The van der Waals surface area contributed by atoms with Crippen molar-refractivity contribution in [1.29, 1.82) is 0 Å². The number of amides is 1. The molecule has 0 spiro atoms. The largest absolute Gasteiger partial charge is 0.352 e. The van der Waals surface area contributed by atoms with Crippen LogP contribution in [0.4, 0.5) is 0 Å². The molecule has 5 heteroatoms. The van der Waals surface area contributed by atoms with Crippen molar-refractivity contribution >= 4 is 49.4 Å². The van der Waals surface area contributed by atoms with E-state index in [-0.39, 0.29) is 5.91 Å². The van der Waals surface area contributed by atoms with E-state index in [0.29, 0.717) is 21.3 Å². The lowest BCUT2D eigenvalue weighted by Gasteiger charge is -2.11. The number of nitrogens with one attached hydrogen (secondary N) is 1. The third kappa shape index (κ3) is 3.72. The van der Waals surface area contributed by atoms with Crippen LogP contribution < -0.4 is 5.32 Å². The maximum atomic E-state index is 11.9. The second-order valence-corrected chi connectivity index (χ2v) is 7.17. The second kappa shape index (κ2) is 6.40. The van der Waals surface area contributed by atoms with Crippen LogP contribution >= 0.6 is 43.5 Å². The molecular formula is C13H14Br2ClNO. The van der Waals surface area contributed by atoms with Gasteiger partial charge in [0.15, 0.2) is 0 Å². The zero-order chi connectivity index (χ0) is 13.1. The van der Waals surface area contributed by atoms with Gasteiger partial charge in [-0.25, -0.2) is 0 Å². The van der Waals surface area contributed by atoms with Crippen LogP contribution in [0.25, 0.3) is 0 Å². The SMILES string of the molecule is O=C(NCC1CCC(Br)C1)c1ccc(Br)c(Cl)c1. The molecule has 0 aliphatic heterocycles. The van der Waals surface area contributed by atoms with Gasteiger partial charge in [0.1, 0.15) is 0 Å². The second-order valence-electron chi connectivity index (χ2n) is 4.62. The summed E-state index contributed by atoms with van der Waals surface area (Å²) in [4.78, 5) is 12.6. The highest BCUT2D eigenvalue weighted by Gasteiger charge is 2.22. The summed E-state index contributed by atoms with van der Waals surface area (Å²) in [5.74, 6) is 0.534. The molecule has 1 aromatic rings. The molecule has 1 amide bonds. The van der Waals surface area contributed by atoms with Crippen LogP contribution in [-0.4, -0.2) is 17.3 Å². The number of hydrogen-bond acceptors (Lipinski definition) is 1. The highest BCUT2D eigenvalue weighted by molar-refractivity contribution is 9.10. The molecule has 0 aromatic heterocycles. The Bertz CT molecular complexity index is 453. The van der Waals surface area contributed by atoms with E-state index in [1.165, 1.54) is 12.8 Å². The van der Waals surface area contributed by atoms with Crippen LogP contribution in [0.1, 0.15) is 29.6 Å². The summed E-state index contributed by atoms with van der Waals surface area (Å²) in [6, 6.07) is 5.25. The lowest BCUT2D eigenvalue weighted by Crippen LogP contribution is -2.28. The molecule has 0 saturated heterocycles. The summed E-state index contributed by atoms with van der Waals surface area (Å²) < 4.78 is 0.804. The minimum absolute atomic E-state index is 0.0533. The van der Waals surface area contributed by atoms with E-state index in [4.69, 9.17) is 11.6 Å². The van der Waals surface area contributed by atoms with Gasteiger partial charge in [-0.05, 0) is 59.3 Å². The fraction of sp³-hybridized carbons (Fsp3) is 0.462. The van der Waals surface area contributed by atoms with Gasteiger partial charge in [0.05, 0.1) is 5.02 Å². The first kappa shape index (κ1) is 14.4. The highest BCUT2D eigenvalue weighted by atomic mass is 79.9. The average molecular weight is 396 g/mol. The van der Waals surface area contributed by atoms with Crippen LogP contribution in [0.5, 0.6) is 0 Å². The summed E-state index contributed by atoms with van der Waals surface area (Å²) in [7, 11) is 0. The molecule has 1 N–H and O–H groups in total. The van der Waals surface area contributed by atoms with Crippen molar-refractivity contribution in [3.63, 3.8) is 0 Å². The topological polar surface area (TPSA) is 29.1 Å². The molecule has 1 saturated carbocycles. The van der Waals surface area contributed by atoms with Crippen LogP contribution in [0.3, 0.4) is 0 Å². The van der Waals surface area contributed by atoms with Crippen molar-refractivity contribution < 1.29 is 4.79 Å². The van der Waals surface area contributed by atoms with E-state index in [2.05, 4.69) is 37.2 Å². The zero-order valence-electron chi connectivity index (χ0n) is 9.76. The fourth-order valence-corrected chi connectivity index (χ4v) is 3.40. The maximum absolute atomic E-state index is 11.9. The summed E-state index contributed by atoms with van der Waals surface area (Å²) in [5, 5.41) is 3.53. The number of rotatable bonds is 3. The molecular weight excluding hydrogens is 381 g/mol. The van der Waals surface area contributed by atoms with Gasteiger partial charge >= 0.3 is 0 Å². The monoisotopic (exact) mass is 393 g/mol. The summed E-state index contributed by atoms with van der Waals surface area (Å²) in [5.41, 5.74) is 0.608. The summed E-state index contributed by atoms with van der Waals surface area (Å²) in [6.07, 6.45) is 3.52. The Labute approximate surface area is 129 Å². The van der Waals surface area contributed by atoms with Crippen LogP contribution in [0.2, 0.25) is 5.02 Å². The van der Waals surface area contributed by atoms with Crippen LogP contribution in [0.15, 0.2) is 22.7 Å². The third-order valence-corrected chi connectivity index (χ3v) is 5.27. The molecule has 0 heterocycles. The van der Waals surface area contributed by atoms with Crippen molar-refractivity contribution in [2.45, 2.75) is 24.1 Å². The standard InChI is InChI=1S/C13H14Br2ClNO/c14-10-3-1-8(5-10)7-17-13(18)9-2-4-11(15)12(16)6-9/h2,4,6,8,10H,1,3,5,7H2,(H,17,18). The molecule has 0 radical (unpaired) electrons.